The number of hydrogen-bond donors (Lipinski definition) is 1. The van der Waals surface area contributed by atoms with Gasteiger partial charge in [0.25, 0.3) is 5.91 Å². The Morgan fingerprint density at radius 2 is 2.04 bits per heavy atom. The Morgan fingerprint density at radius 3 is 2.70 bits per heavy atom. The van der Waals surface area contributed by atoms with E-state index in [4.69, 9.17) is 11.6 Å². The van der Waals surface area contributed by atoms with Crippen molar-refractivity contribution >= 4 is 28.4 Å². The first kappa shape index (κ1) is 15.5. The van der Waals surface area contributed by atoms with Crippen LogP contribution in [0.15, 0.2) is 36.7 Å². The lowest BCUT2D eigenvalue weighted by atomic mass is 10.0. The molecule has 0 spiro atoms. The van der Waals surface area contributed by atoms with Crippen molar-refractivity contribution in [3.8, 4) is 11.3 Å². The molecule has 1 N–H and O–H groups in total. The highest BCUT2D eigenvalue weighted by molar-refractivity contribution is 6.31. The Labute approximate surface area is 139 Å². The number of carbonyl (C=O) groups is 1. The molecule has 0 atom stereocenters. The number of carbonyl (C=O) groups excluding carboxylic acids is 1. The topological polar surface area (TPSA) is 61.9 Å². The van der Waals surface area contributed by atoms with Crippen LogP contribution in [0.3, 0.4) is 0 Å². The second-order valence-electron chi connectivity index (χ2n) is 5.18. The average Bonchev–Trinajstić information content (AvgIpc) is 3.09. The quantitative estimate of drug-likeness (QED) is 0.793. The van der Waals surface area contributed by atoms with Crippen LogP contribution >= 0.6 is 11.6 Å². The molecule has 2 aromatic heterocycles. The molecule has 0 saturated heterocycles. The average molecular weight is 329 g/mol. The van der Waals surface area contributed by atoms with Crippen LogP contribution in [0.4, 0.5) is 0 Å². The molecule has 0 fully saturated rings. The minimum Gasteiger partial charge on any atom is -0.339 e. The van der Waals surface area contributed by atoms with E-state index < -0.39 is 0 Å². The van der Waals surface area contributed by atoms with E-state index in [-0.39, 0.29) is 5.91 Å². The van der Waals surface area contributed by atoms with Crippen LogP contribution < -0.4 is 0 Å². The van der Waals surface area contributed by atoms with Crippen LogP contribution in [0.1, 0.15) is 24.2 Å². The van der Waals surface area contributed by atoms with Gasteiger partial charge in [0.05, 0.1) is 23.0 Å². The summed E-state index contributed by atoms with van der Waals surface area (Å²) in [6.45, 7) is 5.24. The number of amides is 1. The van der Waals surface area contributed by atoms with Crippen LogP contribution in [0.2, 0.25) is 5.02 Å². The van der Waals surface area contributed by atoms with Gasteiger partial charge in [0.1, 0.15) is 0 Å². The summed E-state index contributed by atoms with van der Waals surface area (Å²) < 4.78 is 0. The Morgan fingerprint density at radius 1 is 1.26 bits per heavy atom. The van der Waals surface area contributed by atoms with E-state index >= 15 is 0 Å². The van der Waals surface area contributed by atoms with E-state index in [9.17, 15) is 4.79 Å². The smallest absolute Gasteiger partial charge is 0.254 e. The fourth-order valence-electron chi connectivity index (χ4n) is 2.59. The van der Waals surface area contributed by atoms with Gasteiger partial charge in [0.15, 0.2) is 0 Å². The summed E-state index contributed by atoms with van der Waals surface area (Å²) in [6.07, 6.45) is 3.45. The summed E-state index contributed by atoms with van der Waals surface area (Å²) in [4.78, 5) is 19.3. The molecule has 23 heavy (non-hydrogen) atoms. The molecule has 0 bridgehead atoms. The lowest BCUT2D eigenvalue weighted by molar-refractivity contribution is 0.0775. The fourth-order valence-corrected chi connectivity index (χ4v) is 2.77. The van der Waals surface area contributed by atoms with Gasteiger partial charge in [-0.15, -0.1) is 0 Å². The molecule has 0 aliphatic heterocycles. The predicted octanol–water partition coefficient (Wildman–Crippen LogP) is 3.76. The molecule has 118 valence electrons. The van der Waals surface area contributed by atoms with Gasteiger partial charge in [-0.25, -0.2) is 4.98 Å². The maximum atomic E-state index is 12.9. The van der Waals surface area contributed by atoms with Gasteiger partial charge in [-0.3, -0.25) is 9.89 Å². The number of aromatic nitrogens is 3. The van der Waals surface area contributed by atoms with Crippen LogP contribution in [-0.2, 0) is 0 Å². The van der Waals surface area contributed by atoms with E-state index in [0.717, 1.165) is 16.5 Å². The summed E-state index contributed by atoms with van der Waals surface area (Å²) in [6, 6.07) is 7.21. The van der Waals surface area contributed by atoms with Crippen molar-refractivity contribution in [1.82, 2.24) is 20.1 Å². The number of H-pyrrole nitrogens is 1. The van der Waals surface area contributed by atoms with E-state index in [1.165, 1.54) is 0 Å². The highest BCUT2D eigenvalue weighted by Gasteiger charge is 2.18. The largest absolute Gasteiger partial charge is 0.339 e. The summed E-state index contributed by atoms with van der Waals surface area (Å²) in [5.41, 5.74) is 2.90. The molecule has 3 aromatic rings. The third kappa shape index (κ3) is 2.92. The number of nitrogens with zero attached hydrogens (tertiary/aromatic N) is 3. The van der Waals surface area contributed by atoms with Crippen LogP contribution in [0.25, 0.3) is 22.2 Å². The summed E-state index contributed by atoms with van der Waals surface area (Å²) in [7, 11) is 0. The maximum absolute atomic E-state index is 12.9. The van der Waals surface area contributed by atoms with Gasteiger partial charge in [-0.05, 0) is 38.1 Å². The number of fused-ring (bicyclic) bond motifs is 1. The zero-order valence-corrected chi connectivity index (χ0v) is 13.8. The SMILES string of the molecule is CCN(CC)C(=O)c1cc(-c2cn[nH]c2)nc2ccc(Cl)cc12. The lowest BCUT2D eigenvalue weighted by Gasteiger charge is -2.20. The Balaban J connectivity index is 2.24. The van der Waals surface area contributed by atoms with E-state index in [2.05, 4.69) is 15.2 Å². The number of hydrogen-bond acceptors (Lipinski definition) is 3. The minimum atomic E-state index is -0.0191. The van der Waals surface area contributed by atoms with Gasteiger partial charge >= 0.3 is 0 Å². The molecule has 2 heterocycles. The molecule has 0 radical (unpaired) electrons. The number of benzene rings is 1. The highest BCUT2D eigenvalue weighted by atomic mass is 35.5. The molecule has 0 saturated carbocycles. The highest BCUT2D eigenvalue weighted by Crippen LogP contribution is 2.27. The first-order valence-corrected chi connectivity index (χ1v) is 7.90. The van der Waals surface area contributed by atoms with Gasteiger partial charge in [0, 0.05) is 35.3 Å². The van der Waals surface area contributed by atoms with E-state index in [0.29, 0.717) is 29.4 Å². The Hall–Kier alpha value is -2.40. The first-order chi connectivity index (χ1) is 11.1. The van der Waals surface area contributed by atoms with Crippen molar-refractivity contribution in [2.45, 2.75) is 13.8 Å². The normalized spacial score (nSPS) is 10.9. The molecule has 3 rings (SSSR count). The summed E-state index contributed by atoms with van der Waals surface area (Å²) in [5.74, 6) is -0.0191. The zero-order valence-electron chi connectivity index (χ0n) is 13.0. The van der Waals surface area contributed by atoms with Gasteiger partial charge in [-0.2, -0.15) is 5.10 Å². The number of aromatic amines is 1. The number of halogens is 1. The molecule has 1 amide bonds. The van der Waals surface area contributed by atoms with E-state index in [1.54, 1.807) is 29.4 Å². The molecule has 0 unspecified atom stereocenters. The molecule has 0 aliphatic rings. The molecular formula is C17H17ClN4O. The first-order valence-electron chi connectivity index (χ1n) is 7.52. The van der Waals surface area contributed by atoms with Gasteiger partial charge in [0.2, 0.25) is 0 Å². The van der Waals surface area contributed by atoms with Crippen molar-refractivity contribution in [1.29, 1.82) is 0 Å². The van der Waals surface area contributed by atoms with Crippen molar-refractivity contribution in [3.05, 3.63) is 47.2 Å². The number of pyridine rings is 1. The lowest BCUT2D eigenvalue weighted by Crippen LogP contribution is -2.30. The molecule has 1 aromatic carbocycles. The second-order valence-corrected chi connectivity index (χ2v) is 5.62. The maximum Gasteiger partial charge on any atom is 0.254 e. The van der Waals surface area contributed by atoms with Crippen molar-refractivity contribution in [2.24, 2.45) is 0 Å². The Kier molecular flexibility index (Phi) is 4.30. The number of nitrogens with one attached hydrogen (secondary N) is 1. The van der Waals surface area contributed by atoms with Crippen molar-refractivity contribution < 1.29 is 4.79 Å². The third-order valence-corrected chi connectivity index (χ3v) is 4.08. The van der Waals surface area contributed by atoms with Gasteiger partial charge < -0.3 is 4.90 Å². The molecule has 5 nitrogen and oxygen atoms in total. The molecule has 6 heteroatoms. The predicted molar refractivity (Wildman–Crippen MR) is 91.6 cm³/mol. The molecular weight excluding hydrogens is 312 g/mol. The van der Waals surface area contributed by atoms with Crippen LogP contribution in [0, 0.1) is 0 Å². The Bertz CT molecular complexity index is 841. The number of rotatable bonds is 4. The van der Waals surface area contributed by atoms with E-state index in [1.807, 2.05) is 26.0 Å². The van der Waals surface area contributed by atoms with Gasteiger partial charge in [-0.1, -0.05) is 11.6 Å². The van der Waals surface area contributed by atoms with Crippen molar-refractivity contribution in [2.75, 3.05) is 13.1 Å². The molecule has 0 aliphatic carbocycles. The third-order valence-electron chi connectivity index (χ3n) is 3.85. The fraction of sp³-hybridized carbons (Fsp3) is 0.235. The monoisotopic (exact) mass is 328 g/mol. The van der Waals surface area contributed by atoms with Crippen LogP contribution in [0.5, 0.6) is 0 Å². The summed E-state index contributed by atoms with van der Waals surface area (Å²) >= 11 is 6.11. The van der Waals surface area contributed by atoms with Crippen molar-refractivity contribution in [3.63, 3.8) is 0 Å². The minimum absolute atomic E-state index is 0.0191. The zero-order chi connectivity index (χ0) is 16.4. The van der Waals surface area contributed by atoms with Crippen LogP contribution in [-0.4, -0.2) is 39.1 Å². The second kappa shape index (κ2) is 6.38. The summed E-state index contributed by atoms with van der Waals surface area (Å²) in [5, 5.41) is 8.08. The standard InChI is InChI=1S/C17H17ClN4O/c1-3-22(4-2)17(23)14-8-16(11-9-19-20-10-11)21-15-6-5-12(18)7-13(14)15/h5-10H,3-4H2,1-2H3,(H,19,20).